The van der Waals surface area contributed by atoms with Crippen LogP contribution in [0.3, 0.4) is 0 Å². The Bertz CT molecular complexity index is 960. The molecule has 6 heteroatoms. The van der Waals surface area contributed by atoms with Gasteiger partial charge in [0.05, 0.1) is 16.6 Å². The molecule has 1 saturated heterocycles. The van der Waals surface area contributed by atoms with Gasteiger partial charge in [0.25, 0.3) is 0 Å². The molecule has 4 rings (SSSR count). The van der Waals surface area contributed by atoms with E-state index >= 15 is 0 Å². The first kappa shape index (κ1) is 19.3. The lowest BCUT2D eigenvalue weighted by Crippen LogP contribution is -2.49. The van der Waals surface area contributed by atoms with Crippen LogP contribution in [0.1, 0.15) is 18.1 Å². The standard InChI is InChI=1S/C22H25N3OS2/c1-3-27-18-9-7-17(8-10-18)15-20(26)24-11-13-25(14-12-24)22-23-21-16(2)5-4-6-19(21)28-22/h4-10H,3,11-15H2,1-2H3. The van der Waals surface area contributed by atoms with Gasteiger partial charge in [-0.15, -0.1) is 11.8 Å². The highest BCUT2D eigenvalue weighted by Gasteiger charge is 2.23. The number of benzene rings is 2. The van der Waals surface area contributed by atoms with Gasteiger partial charge in [0.15, 0.2) is 5.13 Å². The Balaban J connectivity index is 1.35. The Morgan fingerprint density at radius 2 is 1.86 bits per heavy atom. The zero-order chi connectivity index (χ0) is 19.5. The van der Waals surface area contributed by atoms with E-state index in [-0.39, 0.29) is 5.91 Å². The smallest absolute Gasteiger partial charge is 0.227 e. The molecule has 0 radical (unpaired) electrons. The van der Waals surface area contributed by atoms with Gasteiger partial charge in [-0.3, -0.25) is 4.79 Å². The molecule has 1 aliphatic rings. The van der Waals surface area contributed by atoms with Crippen molar-refractivity contribution in [2.75, 3.05) is 36.8 Å². The average Bonchev–Trinajstić information content (AvgIpc) is 3.16. The topological polar surface area (TPSA) is 36.4 Å². The summed E-state index contributed by atoms with van der Waals surface area (Å²) in [6, 6.07) is 14.7. The zero-order valence-corrected chi connectivity index (χ0v) is 18.0. The summed E-state index contributed by atoms with van der Waals surface area (Å²) in [5.41, 5.74) is 3.41. The molecule has 1 aromatic heterocycles. The van der Waals surface area contributed by atoms with Crippen LogP contribution in [-0.4, -0.2) is 47.7 Å². The van der Waals surface area contributed by atoms with Gasteiger partial charge in [-0.05, 0) is 42.0 Å². The van der Waals surface area contributed by atoms with Crippen molar-refractivity contribution in [3.05, 3.63) is 53.6 Å². The highest BCUT2D eigenvalue weighted by molar-refractivity contribution is 7.99. The molecular formula is C22H25N3OS2. The molecule has 0 atom stereocenters. The van der Waals surface area contributed by atoms with E-state index in [1.54, 1.807) is 11.3 Å². The number of nitrogens with zero attached hydrogens (tertiary/aromatic N) is 3. The number of para-hydroxylation sites is 1. The molecule has 0 saturated carbocycles. The molecule has 2 heterocycles. The minimum atomic E-state index is 0.218. The number of piperazine rings is 1. The fourth-order valence-corrected chi connectivity index (χ4v) is 5.27. The third kappa shape index (κ3) is 4.18. The summed E-state index contributed by atoms with van der Waals surface area (Å²) in [5, 5.41) is 1.07. The number of fused-ring (bicyclic) bond motifs is 1. The maximum absolute atomic E-state index is 12.7. The van der Waals surface area contributed by atoms with Gasteiger partial charge in [0.2, 0.25) is 5.91 Å². The van der Waals surface area contributed by atoms with Crippen molar-refractivity contribution < 1.29 is 4.79 Å². The Labute approximate surface area is 174 Å². The number of thioether (sulfide) groups is 1. The van der Waals surface area contributed by atoms with E-state index in [1.165, 1.54) is 15.2 Å². The normalized spacial score (nSPS) is 14.6. The van der Waals surface area contributed by atoms with Crippen molar-refractivity contribution in [1.29, 1.82) is 0 Å². The van der Waals surface area contributed by atoms with Crippen LogP contribution in [-0.2, 0) is 11.2 Å². The second-order valence-electron chi connectivity index (χ2n) is 7.04. The maximum Gasteiger partial charge on any atom is 0.227 e. The Morgan fingerprint density at radius 3 is 2.54 bits per heavy atom. The SMILES string of the molecule is CCSc1ccc(CC(=O)N2CCN(c3nc4c(C)cccc4s3)CC2)cc1. The molecule has 0 unspecified atom stereocenters. The molecule has 1 aliphatic heterocycles. The fourth-order valence-electron chi connectivity index (χ4n) is 3.51. The number of hydrogen-bond donors (Lipinski definition) is 0. The van der Waals surface area contributed by atoms with Gasteiger partial charge in [-0.2, -0.15) is 0 Å². The number of anilines is 1. The Hall–Kier alpha value is -2.05. The molecule has 4 nitrogen and oxygen atoms in total. The summed E-state index contributed by atoms with van der Waals surface area (Å²) in [6.07, 6.45) is 0.484. The number of carbonyl (C=O) groups excluding carboxylic acids is 1. The van der Waals surface area contributed by atoms with Crippen LogP contribution in [0.4, 0.5) is 5.13 Å². The molecule has 0 aliphatic carbocycles. The van der Waals surface area contributed by atoms with Crippen LogP contribution in [0.2, 0.25) is 0 Å². The molecule has 1 fully saturated rings. The first-order chi connectivity index (χ1) is 13.6. The molecular weight excluding hydrogens is 386 g/mol. The van der Waals surface area contributed by atoms with Crippen LogP contribution in [0.25, 0.3) is 10.2 Å². The van der Waals surface area contributed by atoms with E-state index < -0.39 is 0 Å². The van der Waals surface area contributed by atoms with Crippen LogP contribution in [0.15, 0.2) is 47.4 Å². The number of aromatic nitrogens is 1. The summed E-state index contributed by atoms with van der Waals surface area (Å²) in [5.74, 6) is 1.28. The monoisotopic (exact) mass is 411 g/mol. The lowest BCUT2D eigenvalue weighted by molar-refractivity contribution is -0.130. The van der Waals surface area contributed by atoms with Gasteiger partial charge in [-0.25, -0.2) is 4.98 Å². The molecule has 28 heavy (non-hydrogen) atoms. The number of thiazole rings is 1. The van der Waals surface area contributed by atoms with E-state index in [1.807, 2.05) is 16.7 Å². The van der Waals surface area contributed by atoms with Crippen LogP contribution in [0.5, 0.6) is 0 Å². The van der Waals surface area contributed by atoms with E-state index in [2.05, 4.69) is 61.2 Å². The second kappa shape index (κ2) is 8.53. The van der Waals surface area contributed by atoms with Crippen molar-refractivity contribution in [2.24, 2.45) is 0 Å². The van der Waals surface area contributed by atoms with E-state index in [9.17, 15) is 4.79 Å². The van der Waals surface area contributed by atoms with Crippen molar-refractivity contribution in [1.82, 2.24) is 9.88 Å². The Morgan fingerprint density at radius 1 is 1.11 bits per heavy atom. The maximum atomic E-state index is 12.7. The van der Waals surface area contributed by atoms with E-state index in [0.717, 1.165) is 48.1 Å². The molecule has 0 N–H and O–H groups in total. The molecule has 2 aromatic carbocycles. The predicted molar refractivity (Wildman–Crippen MR) is 120 cm³/mol. The van der Waals surface area contributed by atoms with Crippen molar-refractivity contribution in [3.63, 3.8) is 0 Å². The molecule has 3 aromatic rings. The van der Waals surface area contributed by atoms with Crippen molar-refractivity contribution >= 4 is 44.4 Å². The zero-order valence-electron chi connectivity index (χ0n) is 16.4. The molecule has 146 valence electrons. The third-order valence-electron chi connectivity index (χ3n) is 5.10. The fraction of sp³-hybridized carbons (Fsp3) is 0.364. The summed E-state index contributed by atoms with van der Waals surface area (Å²) in [4.78, 5) is 23.1. The van der Waals surface area contributed by atoms with Gasteiger partial charge in [0, 0.05) is 31.1 Å². The first-order valence-corrected chi connectivity index (χ1v) is 11.5. The number of hydrogen-bond acceptors (Lipinski definition) is 5. The number of amides is 1. The van der Waals surface area contributed by atoms with Crippen LogP contribution in [0, 0.1) is 6.92 Å². The highest BCUT2D eigenvalue weighted by Crippen LogP contribution is 2.31. The molecule has 0 bridgehead atoms. The molecule has 0 spiro atoms. The Kier molecular flexibility index (Phi) is 5.87. The lowest BCUT2D eigenvalue weighted by atomic mass is 10.1. The van der Waals surface area contributed by atoms with Gasteiger partial charge < -0.3 is 9.80 Å². The highest BCUT2D eigenvalue weighted by atomic mass is 32.2. The van der Waals surface area contributed by atoms with Crippen molar-refractivity contribution in [3.8, 4) is 0 Å². The van der Waals surface area contributed by atoms with Gasteiger partial charge in [-0.1, -0.05) is 42.5 Å². The van der Waals surface area contributed by atoms with E-state index in [0.29, 0.717) is 6.42 Å². The largest absolute Gasteiger partial charge is 0.345 e. The third-order valence-corrected chi connectivity index (χ3v) is 7.08. The minimum Gasteiger partial charge on any atom is -0.345 e. The number of aryl methyl sites for hydroxylation is 1. The van der Waals surface area contributed by atoms with Gasteiger partial charge >= 0.3 is 0 Å². The summed E-state index contributed by atoms with van der Waals surface area (Å²) >= 11 is 3.57. The summed E-state index contributed by atoms with van der Waals surface area (Å²) < 4.78 is 1.23. The first-order valence-electron chi connectivity index (χ1n) is 9.74. The second-order valence-corrected chi connectivity index (χ2v) is 9.39. The quantitative estimate of drug-likeness (QED) is 0.575. The number of carbonyl (C=O) groups is 1. The minimum absolute atomic E-state index is 0.218. The summed E-state index contributed by atoms with van der Waals surface area (Å²) in [6.45, 7) is 7.47. The van der Waals surface area contributed by atoms with Gasteiger partial charge in [0.1, 0.15) is 0 Å². The summed E-state index contributed by atoms with van der Waals surface area (Å²) in [7, 11) is 0. The predicted octanol–water partition coefficient (Wildman–Crippen LogP) is 4.61. The number of rotatable bonds is 5. The average molecular weight is 412 g/mol. The van der Waals surface area contributed by atoms with Crippen molar-refractivity contribution in [2.45, 2.75) is 25.2 Å². The van der Waals surface area contributed by atoms with Crippen LogP contribution >= 0.6 is 23.1 Å². The van der Waals surface area contributed by atoms with E-state index in [4.69, 9.17) is 4.98 Å². The van der Waals surface area contributed by atoms with Crippen LogP contribution < -0.4 is 4.90 Å². The molecule has 1 amide bonds. The lowest BCUT2D eigenvalue weighted by Gasteiger charge is -2.34.